The van der Waals surface area contributed by atoms with Crippen LogP contribution in [0, 0.1) is 0 Å². The third kappa shape index (κ3) is 3.43. The Kier molecular flexibility index (Phi) is 4.56. The minimum Gasteiger partial charge on any atom is -0.368 e. The normalized spacial score (nSPS) is 23.4. The Morgan fingerprint density at radius 1 is 1.12 bits per heavy atom. The Labute approximate surface area is 96.5 Å². The van der Waals surface area contributed by atoms with Crippen LogP contribution in [0.1, 0.15) is 12.8 Å². The van der Waals surface area contributed by atoms with Crippen LogP contribution in [0.5, 0.6) is 0 Å². The van der Waals surface area contributed by atoms with E-state index in [1.54, 1.807) is 0 Å². The van der Waals surface area contributed by atoms with E-state index in [-0.39, 0.29) is 18.6 Å². The van der Waals surface area contributed by atoms with Gasteiger partial charge in [0.05, 0.1) is 6.10 Å². The number of piperidine rings is 1. The predicted molar refractivity (Wildman–Crippen MR) is 61.3 cm³/mol. The lowest BCUT2D eigenvalue weighted by atomic mass is 10.1. The molecule has 2 rings (SSSR count). The van der Waals surface area contributed by atoms with E-state index in [0.29, 0.717) is 0 Å². The van der Waals surface area contributed by atoms with Crippen LogP contribution in [0.4, 0.5) is 0 Å². The second-order valence-corrected chi connectivity index (χ2v) is 4.39. The topological polar surface area (TPSA) is 53.6 Å². The lowest BCUT2D eigenvalue weighted by Crippen LogP contribution is -2.48. The average molecular weight is 227 g/mol. The first-order chi connectivity index (χ1) is 7.86. The fourth-order valence-corrected chi connectivity index (χ4v) is 2.16. The molecule has 0 aromatic heterocycles. The highest BCUT2D eigenvalue weighted by Crippen LogP contribution is 2.07. The number of hydrogen-bond acceptors (Lipinski definition) is 4. The molecular formula is C11H21N3O2. The lowest BCUT2D eigenvalue weighted by Gasteiger charge is -2.29. The van der Waals surface area contributed by atoms with E-state index in [1.165, 1.54) is 0 Å². The van der Waals surface area contributed by atoms with Gasteiger partial charge in [0.1, 0.15) is 6.61 Å². The van der Waals surface area contributed by atoms with Crippen molar-refractivity contribution in [1.82, 2.24) is 15.5 Å². The zero-order valence-corrected chi connectivity index (χ0v) is 9.71. The molecule has 92 valence electrons. The molecule has 0 radical (unpaired) electrons. The summed E-state index contributed by atoms with van der Waals surface area (Å²) in [5, 5.41) is 6.51. The van der Waals surface area contributed by atoms with E-state index in [1.807, 2.05) is 4.90 Å². The van der Waals surface area contributed by atoms with Crippen molar-refractivity contribution in [1.29, 1.82) is 0 Å². The number of amides is 1. The third-order valence-electron chi connectivity index (χ3n) is 3.20. The fraction of sp³-hybridized carbons (Fsp3) is 0.909. The predicted octanol–water partition coefficient (Wildman–Crippen LogP) is -0.813. The van der Waals surface area contributed by atoms with Gasteiger partial charge < -0.3 is 20.3 Å². The van der Waals surface area contributed by atoms with Crippen LogP contribution >= 0.6 is 0 Å². The summed E-state index contributed by atoms with van der Waals surface area (Å²) in [6.45, 7) is 5.70. The first-order valence-corrected chi connectivity index (χ1v) is 6.17. The summed E-state index contributed by atoms with van der Waals surface area (Å²) in [4.78, 5) is 13.7. The van der Waals surface area contributed by atoms with E-state index in [2.05, 4.69) is 10.6 Å². The molecule has 2 heterocycles. The molecule has 0 aromatic carbocycles. The molecule has 2 aliphatic heterocycles. The molecule has 0 atom stereocenters. The Bertz CT molecular complexity index is 223. The van der Waals surface area contributed by atoms with Crippen molar-refractivity contribution in [2.75, 3.05) is 45.9 Å². The van der Waals surface area contributed by atoms with Crippen LogP contribution in [-0.4, -0.2) is 62.8 Å². The number of nitrogens with zero attached hydrogens (tertiary/aromatic N) is 1. The van der Waals surface area contributed by atoms with Gasteiger partial charge in [-0.2, -0.15) is 0 Å². The van der Waals surface area contributed by atoms with Crippen LogP contribution in [0.25, 0.3) is 0 Å². The van der Waals surface area contributed by atoms with Gasteiger partial charge in [-0.1, -0.05) is 0 Å². The quantitative estimate of drug-likeness (QED) is 0.662. The third-order valence-corrected chi connectivity index (χ3v) is 3.20. The summed E-state index contributed by atoms with van der Waals surface area (Å²) in [5.41, 5.74) is 0. The summed E-state index contributed by atoms with van der Waals surface area (Å²) in [5.74, 6) is 0.139. The molecule has 1 amide bonds. The molecule has 0 saturated carbocycles. The second kappa shape index (κ2) is 6.18. The molecule has 0 bridgehead atoms. The standard InChI is InChI=1S/C11H21N3O2/c15-11(14-7-5-13-6-8-14)9-16-10-1-3-12-4-2-10/h10,12-13H,1-9H2. The van der Waals surface area contributed by atoms with E-state index < -0.39 is 0 Å². The molecule has 0 aliphatic carbocycles. The molecular weight excluding hydrogens is 206 g/mol. The van der Waals surface area contributed by atoms with E-state index >= 15 is 0 Å². The Morgan fingerprint density at radius 2 is 1.75 bits per heavy atom. The molecule has 0 aromatic rings. The highest BCUT2D eigenvalue weighted by Gasteiger charge is 2.19. The number of rotatable bonds is 3. The monoisotopic (exact) mass is 227 g/mol. The maximum absolute atomic E-state index is 11.8. The average Bonchev–Trinajstić information content (AvgIpc) is 2.38. The van der Waals surface area contributed by atoms with E-state index in [4.69, 9.17) is 4.74 Å². The Morgan fingerprint density at radius 3 is 2.44 bits per heavy atom. The number of hydrogen-bond donors (Lipinski definition) is 2. The van der Waals surface area contributed by atoms with Crippen LogP contribution < -0.4 is 10.6 Å². The Balaban J connectivity index is 1.65. The SMILES string of the molecule is O=C(COC1CCNCC1)N1CCNCC1. The number of nitrogens with one attached hydrogen (secondary N) is 2. The molecule has 0 unspecified atom stereocenters. The molecule has 0 spiro atoms. The molecule has 16 heavy (non-hydrogen) atoms. The van der Waals surface area contributed by atoms with Gasteiger partial charge in [0, 0.05) is 26.2 Å². The zero-order chi connectivity index (χ0) is 11.2. The summed E-state index contributed by atoms with van der Waals surface area (Å²) >= 11 is 0. The fourth-order valence-electron chi connectivity index (χ4n) is 2.16. The van der Waals surface area contributed by atoms with Crippen LogP contribution in [0.15, 0.2) is 0 Å². The number of piperazine rings is 1. The molecule has 5 nitrogen and oxygen atoms in total. The van der Waals surface area contributed by atoms with Gasteiger partial charge in [0.2, 0.25) is 5.91 Å². The van der Waals surface area contributed by atoms with Gasteiger partial charge in [-0.3, -0.25) is 4.79 Å². The first kappa shape index (κ1) is 11.8. The molecule has 2 N–H and O–H groups in total. The smallest absolute Gasteiger partial charge is 0.248 e. The number of carbonyl (C=O) groups is 1. The van der Waals surface area contributed by atoms with Crippen molar-refractivity contribution in [2.45, 2.75) is 18.9 Å². The second-order valence-electron chi connectivity index (χ2n) is 4.39. The van der Waals surface area contributed by atoms with Gasteiger partial charge in [-0.25, -0.2) is 0 Å². The Hall–Kier alpha value is -0.650. The zero-order valence-electron chi connectivity index (χ0n) is 9.71. The van der Waals surface area contributed by atoms with Gasteiger partial charge in [-0.05, 0) is 25.9 Å². The van der Waals surface area contributed by atoms with Crippen LogP contribution in [0.3, 0.4) is 0 Å². The number of carbonyl (C=O) groups excluding carboxylic acids is 1. The minimum absolute atomic E-state index is 0.139. The molecule has 2 aliphatic rings. The molecule has 2 saturated heterocycles. The molecule has 2 fully saturated rings. The minimum atomic E-state index is 0.139. The highest BCUT2D eigenvalue weighted by molar-refractivity contribution is 5.77. The highest BCUT2D eigenvalue weighted by atomic mass is 16.5. The first-order valence-electron chi connectivity index (χ1n) is 6.17. The van der Waals surface area contributed by atoms with Gasteiger partial charge in [0.15, 0.2) is 0 Å². The molecule has 5 heteroatoms. The maximum Gasteiger partial charge on any atom is 0.248 e. The van der Waals surface area contributed by atoms with Gasteiger partial charge in [-0.15, -0.1) is 0 Å². The van der Waals surface area contributed by atoms with Crippen molar-refractivity contribution in [3.63, 3.8) is 0 Å². The van der Waals surface area contributed by atoms with E-state index in [0.717, 1.165) is 52.1 Å². The van der Waals surface area contributed by atoms with Crippen molar-refractivity contribution < 1.29 is 9.53 Å². The summed E-state index contributed by atoms with van der Waals surface area (Å²) < 4.78 is 5.65. The van der Waals surface area contributed by atoms with E-state index in [9.17, 15) is 4.79 Å². The summed E-state index contributed by atoms with van der Waals surface area (Å²) in [6.07, 6.45) is 2.32. The summed E-state index contributed by atoms with van der Waals surface area (Å²) in [6, 6.07) is 0. The lowest BCUT2D eigenvalue weighted by molar-refractivity contribution is -0.139. The largest absolute Gasteiger partial charge is 0.368 e. The van der Waals surface area contributed by atoms with Crippen molar-refractivity contribution >= 4 is 5.91 Å². The van der Waals surface area contributed by atoms with Crippen LogP contribution in [0.2, 0.25) is 0 Å². The van der Waals surface area contributed by atoms with Crippen LogP contribution in [-0.2, 0) is 9.53 Å². The maximum atomic E-state index is 11.8. The summed E-state index contributed by atoms with van der Waals surface area (Å²) in [7, 11) is 0. The number of ether oxygens (including phenoxy) is 1. The van der Waals surface area contributed by atoms with Crippen molar-refractivity contribution in [3.8, 4) is 0 Å². The van der Waals surface area contributed by atoms with Gasteiger partial charge in [0.25, 0.3) is 0 Å². The van der Waals surface area contributed by atoms with Crippen molar-refractivity contribution in [2.24, 2.45) is 0 Å². The van der Waals surface area contributed by atoms with Gasteiger partial charge >= 0.3 is 0 Å². The van der Waals surface area contributed by atoms with Crippen molar-refractivity contribution in [3.05, 3.63) is 0 Å².